The Kier molecular flexibility index (Phi) is 6.96. The van der Waals surface area contributed by atoms with Gasteiger partial charge in [-0.15, -0.1) is 0 Å². The van der Waals surface area contributed by atoms with Crippen LogP contribution in [0.25, 0.3) is 0 Å². The monoisotopic (exact) mass is 280 g/mol. The van der Waals surface area contributed by atoms with Gasteiger partial charge in [-0.1, -0.05) is 0 Å². The van der Waals surface area contributed by atoms with Crippen molar-refractivity contribution in [2.75, 3.05) is 0 Å². The molecule has 1 rings (SSSR count). The van der Waals surface area contributed by atoms with E-state index in [0.29, 0.717) is 15.0 Å². The van der Waals surface area contributed by atoms with Crippen LogP contribution in [0.2, 0.25) is 0 Å². The van der Waals surface area contributed by atoms with Crippen LogP contribution in [-0.4, -0.2) is 15.0 Å². The van der Waals surface area contributed by atoms with Crippen LogP contribution in [0.1, 0.15) is 32.6 Å². The Balaban J connectivity index is 2.57. The van der Waals surface area contributed by atoms with Gasteiger partial charge in [0.1, 0.15) is 0 Å². The predicted octanol–water partition coefficient (Wildman–Crippen LogP) is 3.67. The first-order valence-electron chi connectivity index (χ1n) is 5.89. The van der Waals surface area contributed by atoms with Crippen LogP contribution < -0.4 is 4.46 Å². The van der Waals surface area contributed by atoms with Gasteiger partial charge >= 0.3 is 106 Å². The fourth-order valence-corrected chi connectivity index (χ4v) is 3.51. The van der Waals surface area contributed by atoms with Crippen LogP contribution in [-0.2, 0) is 0 Å². The molecule has 1 heteroatoms. The summed E-state index contributed by atoms with van der Waals surface area (Å²) < 4.78 is 3.02. The quantitative estimate of drug-likeness (QED) is 0.406. The molecule has 16 heavy (non-hydrogen) atoms. The normalized spacial score (nSPS) is 11.4. The number of rotatable bonds is 7. The molecule has 0 saturated carbocycles. The molecule has 0 aromatic heterocycles. The van der Waals surface area contributed by atoms with Crippen molar-refractivity contribution in [3.8, 4) is 0 Å². The topological polar surface area (TPSA) is 0 Å². The Labute approximate surface area is 106 Å². The average molecular weight is 279 g/mol. The second kappa shape index (κ2) is 8.38. The van der Waals surface area contributed by atoms with Crippen LogP contribution >= 0.6 is 0 Å². The van der Waals surface area contributed by atoms with E-state index in [1.807, 2.05) is 6.08 Å². The van der Waals surface area contributed by atoms with Crippen LogP contribution in [0.4, 0.5) is 0 Å². The molecule has 86 valence electrons. The maximum absolute atomic E-state index is 3.84. The van der Waals surface area contributed by atoms with E-state index >= 15 is 0 Å². The molecule has 0 aliphatic heterocycles. The molecule has 0 heterocycles. The molecule has 0 bridgehead atoms. The Hall–Kier alpha value is -0.781. The Morgan fingerprint density at radius 1 is 1.31 bits per heavy atom. The molecular weight excluding hydrogens is 259 g/mol. The second-order valence-electron chi connectivity index (χ2n) is 3.72. The summed E-state index contributed by atoms with van der Waals surface area (Å²) in [6.45, 7) is 6.08. The van der Waals surface area contributed by atoms with Crippen molar-refractivity contribution in [2.24, 2.45) is 0 Å². The summed E-state index contributed by atoms with van der Waals surface area (Å²) >= 11 is 0.475. The molecule has 0 atom stereocenters. The molecule has 0 fully saturated rings. The van der Waals surface area contributed by atoms with Crippen molar-refractivity contribution in [3.05, 3.63) is 53.5 Å². The number of allylic oxidation sites excluding steroid dienone is 3. The van der Waals surface area contributed by atoms with Gasteiger partial charge < -0.3 is 0 Å². The molecule has 0 radical (unpaired) electrons. The molecule has 1 aromatic rings. The molecule has 0 saturated heterocycles. The maximum atomic E-state index is 3.84. The van der Waals surface area contributed by atoms with Crippen molar-refractivity contribution >= 4 is 19.4 Å². The van der Waals surface area contributed by atoms with Crippen molar-refractivity contribution in [3.63, 3.8) is 0 Å². The van der Waals surface area contributed by atoms with E-state index in [-0.39, 0.29) is 0 Å². The van der Waals surface area contributed by atoms with Gasteiger partial charge in [-0.25, -0.2) is 0 Å². The van der Waals surface area contributed by atoms with Gasteiger partial charge in [0, 0.05) is 0 Å². The van der Waals surface area contributed by atoms with E-state index in [1.165, 1.54) is 23.7 Å². The van der Waals surface area contributed by atoms with Crippen molar-refractivity contribution in [1.29, 1.82) is 0 Å². The average Bonchev–Trinajstić information content (AvgIpc) is 2.31. The molecule has 0 unspecified atom stereocenters. The first-order valence-corrected chi connectivity index (χ1v) is 7.61. The summed E-state index contributed by atoms with van der Waals surface area (Å²) in [7, 11) is 0. The number of hydrogen-bond donors (Lipinski definition) is 0. The minimum absolute atomic E-state index is 0.475. The van der Waals surface area contributed by atoms with Crippen LogP contribution in [0.5, 0.6) is 0 Å². The van der Waals surface area contributed by atoms with Gasteiger partial charge in [0.15, 0.2) is 0 Å². The first-order chi connectivity index (χ1) is 7.86. The molecule has 0 amide bonds. The van der Waals surface area contributed by atoms with Gasteiger partial charge in [-0.2, -0.15) is 0 Å². The van der Waals surface area contributed by atoms with Gasteiger partial charge in [-0.05, 0) is 0 Å². The Morgan fingerprint density at radius 2 is 2.06 bits per heavy atom. The molecule has 0 nitrogen and oxygen atoms in total. The summed E-state index contributed by atoms with van der Waals surface area (Å²) in [5, 5.41) is 0. The van der Waals surface area contributed by atoms with E-state index in [4.69, 9.17) is 0 Å². The summed E-state index contributed by atoms with van der Waals surface area (Å²) in [5.41, 5.74) is 0. The number of unbranched alkanes of at least 4 members (excludes halogenated alkanes) is 2. The van der Waals surface area contributed by atoms with Gasteiger partial charge in [-0.3, -0.25) is 0 Å². The SMILES string of the molecule is C=CC/C(=C\CCCC)[Se]c1ccccc1. The van der Waals surface area contributed by atoms with Crippen LogP contribution in [0, 0.1) is 0 Å². The summed E-state index contributed by atoms with van der Waals surface area (Å²) in [5.74, 6) is 0. The zero-order valence-electron chi connectivity index (χ0n) is 9.99. The van der Waals surface area contributed by atoms with Crippen molar-refractivity contribution in [1.82, 2.24) is 0 Å². The number of benzene rings is 1. The first kappa shape index (κ1) is 13.3. The molecule has 0 spiro atoms. The minimum atomic E-state index is 0.475. The van der Waals surface area contributed by atoms with Crippen LogP contribution in [0.15, 0.2) is 53.5 Å². The van der Waals surface area contributed by atoms with Gasteiger partial charge in [0.25, 0.3) is 0 Å². The van der Waals surface area contributed by atoms with Crippen molar-refractivity contribution in [2.45, 2.75) is 32.6 Å². The molecule has 1 aromatic carbocycles. The third kappa shape index (κ3) is 5.34. The van der Waals surface area contributed by atoms with E-state index in [0.717, 1.165) is 6.42 Å². The molecule has 0 aliphatic carbocycles. The van der Waals surface area contributed by atoms with E-state index in [9.17, 15) is 0 Å². The fraction of sp³-hybridized carbons (Fsp3) is 0.333. The number of hydrogen-bond acceptors (Lipinski definition) is 0. The third-order valence-electron chi connectivity index (χ3n) is 2.27. The molecule has 0 N–H and O–H groups in total. The summed E-state index contributed by atoms with van der Waals surface area (Å²) in [6, 6.07) is 10.8. The van der Waals surface area contributed by atoms with E-state index in [1.54, 1.807) is 4.47 Å². The zero-order valence-corrected chi connectivity index (χ0v) is 11.7. The van der Waals surface area contributed by atoms with Crippen molar-refractivity contribution < 1.29 is 0 Å². The molecular formula is C15H20Se. The predicted molar refractivity (Wildman–Crippen MR) is 74.3 cm³/mol. The van der Waals surface area contributed by atoms with Crippen LogP contribution in [0.3, 0.4) is 0 Å². The zero-order chi connectivity index (χ0) is 11.6. The summed E-state index contributed by atoms with van der Waals surface area (Å²) in [6.07, 6.45) is 9.26. The standard InChI is InChI=1S/C15H20Se/c1-3-5-7-11-14(10-4-2)16-15-12-8-6-9-13-15/h4,6,8-9,11-13H,2-3,5,7,10H2,1H3/b14-11+. The fourth-order valence-electron chi connectivity index (χ4n) is 1.42. The second-order valence-corrected chi connectivity index (χ2v) is 6.24. The summed E-state index contributed by atoms with van der Waals surface area (Å²) in [4.78, 5) is 0. The van der Waals surface area contributed by atoms with E-state index < -0.39 is 0 Å². The molecule has 0 aliphatic rings. The Bertz CT molecular complexity index is 325. The third-order valence-corrected chi connectivity index (χ3v) is 4.58. The van der Waals surface area contributed by atoms with E-state index in [2.05, 4.69) is 49.9 Å². The van der Waals surface area contributed by atoms with Gasteiger partial charge in [0.05, 0.1) is 0 Å². The Morgan fingerprint density at radius 3 is 2.69 bits per heavy atom. The van der Waals surface area contributed by atoms with Gasteiger partial charge in [0.2, 0.25) is 0 Å².